The van der Waals surface area contributed by atoms with E-state index in [9.17, 15) is 0 Å². The van der Waals surface area contributed by atoms with E-state index in [1.165, 1.54) is 44.5 Å². The van der Waals surface area contributed by atoms with Crippen molar-refractivity contribution in [2.75, 3.05) is 9.80 Å². The van der Waals surface area contributed by atoms with Gasteiger partial charge in [0.1, 0.15) is 5.82 Å². The standard InChI is InChI=1S/C78H75N4O.Pt/c1-74(2,3)58-38-39-79-73(46-58)82-69-37-34-54(52-26-18-14-19-27-52)42-66(69)65-36-35-63(48-70(65)82)83-64-45-60(78(12,13)57-32-24-17-25-33-57)44-62(47-64)81-51-80(71-49-67(75(4,5)6)68(50-72(71)81)76(7,8)9)61-41-55(53-28-20-15-21-29-53)40-59(43-61)77(10,11)56-30-22-16-23-31-56;/h14-46,49-51H,1-13H3;/q-3;. The van der Waals surface area contributed by atoms with E-state index in [1.54, 1.807) is 0 Å². The Morgan fingerprint density at radius 1 is 0.405 bits per heavy atom. The molecule has 0 saturated heterocycles. The van der Waals surface area contributed by atoms with Crippen LogP contribution < -0.4 is 14.5 Å². The third kappa shape index (κ3) is 10.9. The van der Waals surface area contributed by atoms with E-state index in [0.29, 0.717) is 11.5 Å². The van der Waals surface area contributed by atoms with Crippen LogP contribution in [0.1, 0.15) is 129 Å². The molecule has 5 nitrogen and oxygen atoms in total. The van der Waals surface area contributed by atoms with Gasteiger partial charge in [-0.3, -0.25) is 0 Å². The molecule has 6 heteroatoms. The molecule has 426 valence electrons. The summed E-state index contributed by atoms with van der Waals surface area (Å²) in [6, 6.07) is 82.6. The van der Waals surface area contributed by atoms with Crippen molar-refractivity contribution >= 4 is 44.6 Å². The molecule has 0 saturated carbocycles. The second kappa shape index (κ2) is 21.9. The molecule has 0 aliphatic carbocycles. The second-order valence-electron chi connectivity index (χ2n) is 26.8. The fourth-order valence-corrected chi connectivity index (χ4v) is 12.0. The van der Waals surface area contributed by atoms with E-state index >= 15 is 0 Å². The van der Waals surface area contributed by atoms with E-state index in [4.69, 9.17) is 9.72 Å². The Morgan fingerprint density at radius 2 is 0.952 bits per heavy atom. The van der Waals surface area contributed by atoms with Gasteiger partial charge in [0.05, 0.1) is 0 Å². The summed E-state index contributed by atoms with van der Waals surface area (Å²) < 4.78 is 9.46. The van der Waals surface area contributed by atoms with Crippen molar-refractivity contribution in [3.63, 3.8) is 0 Å². The summed E-state index contributed by atoms with van der Waals surface area (Å²) in [4.78, 5) is 9.78. The van der Waals surface area contributed by atoms with E-state index in [2.05, 4.69) is 329 Å². The predicted octanol–water partition coefficient (Wildman–Crippen LogP) is 20.9. The number of hydrogen-bond donors (Lipinski definition) is 0. The molecule has 9 aromatic carbocycles. The molecular weight excluding hydrogens is 1200 g/mol. The Hall–Kier alpha value is -7.98. The maximum atomic E-state index is 7.22. The number of fused-ring (bicyclic) bond motifs is 4. The fourth-order valence-electron chi connectivity index (χ4n) is 12.0. The van der Waals surface area contributed by atoms with Crippen molar-refractivity contribution in [3.05, 3.63) is 270 Å². The zero-order valence-electron chi connectivity index (χ0n) is 50.8. The summed E-state index contributed by atoms with van der Waals surface area (Å²) in [7, 11) is 0. The van der Waals surface area contributed by atoms with Crippen molar-refractivity contribution in [1.29, 1.82) is 0 Å². The van der Waals surface area contributed by atoms with Crippen LogP contribution >= 0.6 is 0 Å². The molecule has 3 heterocycles. The normalized spacial score (nSPS) is 13.1. The van der Waals surface area contributed by atoms with Gasteiger partial charge >= 0.3 is 0 Å². The van der Waals surface area contributed by atoms with Gasteiger partial charge in [-0.2, -0.15) is 6.07 Å². The van der Waals surface area contributed by atoms with Gasteiger partial charge in [0, 0.05) is 66.8 Å². The first kappa shape index (κ1) is 57.8. The molecule has 0 amide bonds. The first-order valence-corrected chi connectivity index (χ1v) is 29.3. The molecule has 1 aliphatic rings. The van der Waals surface area contributed by atoms with Gasteiger partial charge in [0.15, 0.2) is 0 Å². The number of pyridine rings is 1. The molecule has 0 atom stereocenters. The minimum atomic E-state index is -0.430. The van der Waals surface area contributed by atoms with Gasteiger partial charge in [0.2, 0.25) is 0 Å². The van der Waals surface area contributed by atoms with Crippen LogP contribution in [-0.4, -0.2) is 9.55 Å². The van der Waals surface area contributed by atoms with E-state index in [-0.39, 0.29) is 42.7 Å². The molecule has 0 bridgehead atoms. The average Bonchev–Trinajstić information content (AvgIpc) is 2.18. The van der Waals surface area contributed by atoms with Crippen LogP contribution in [0.15, 0.2) is 212 Å². The molecule has 0 fully saturated rings. The number of anilines is 4. The van der Waals surface area contributed by atoms with Crippen molar-refractivity contribution in [2.24, 2.45) is 0 Å². The number of hydrogen-bond acceptors (Lipinski definition) is 4. The van der Waals surface area contributed by atoms with Crippen molar-refractivity contribution < 1.29 is 25.8 Å². The van der Waals surface area contributed by atoms with Crippen LogP contribution in [0.4, 0.5) is 22.7 Å². The third-order valence-electron chi connectivity index (χ3n) is 17.1. The van der Waals surface area contributed by atoms with E-state index in [1.807, 2.05) is 6.20 Å². The molecule has 2 aromatic heterocycles. The first-order chi connectivity index (χ1) is 39.5. The zero-order chi connectivity index (χ0) is 58.2. The summed E-state index contributed by atoms with van der Waals surface area (Å²) >= 11 is 0. The molecule has 12 rings (SSSR count). The van der Waals surface area contributed by atoms with Crippen LogP contribution in [0.25, 0.3) is 49.9 Å². The minimum Gasteiger partial charge on any atom is -0.509 e. The number of rotatable bonds is 11. The average molecular weight is 1280 g/mol. The van der Waals surface area contributed by atoms with E-state index in [0.717, 1.165) is 67.1 Å². The molecule has 0 spiro atoms. The summed E-state index contributed by atoms with van der Waals surface area (Å²) in [5, 5.41) is 2.19. The smallest absolute Gasteiger partial charge is 0.135 e. The monoisotopic (exact) mass is 1280 g/mol. The largest absolute Gasteiger partial charge is 0.509 e. The number of benzene rings is 9. The zero-order valence-corrected chi connectivity index (χ0v) is 53.1. The fraction of sp³-hybridized carbons (Fsp3) is 0.231. The SMILES string of the molecule is CC(C)(C)c1ccnc(-n2c3[c-]c(Oc4[c-]c(N5[CH-]N(c6cc(-c7ccccc7)cc(C(C)(C)c7ccccc7)c6)c6cc(C(C)(C)C)c(C(C)(C)C)cc65)cc(C(C)(C)c5ccccc5)c4)ccc3c3cc(-c4ccccc4)ccc32)c1.[Pt]. The van der Waals surface area contributed by atoms with Gasteiger partial charge in [-0.1, -0.05) is 235 Å². The maximum Gasteiger partial charge on any atom is 0.135 e. The molecule has 1 aliphatic heterocycles. The quantitative estimate of drug-likeness (QED) is 0.121. The Bertz CT molecular complexity index is 4200. The number of nitrogens with zero attached hydrogens (tertiary/aromatic N) is 4. The topological polar surface area (TPSA) is 33.5 Å². The molecule has 0 unspecified atom stereocenters. The van der Waals surface area contributed by atoms with Gasteiger partial charge in [-0.15, -0.1) is 53.6 Å². The van der Waals surface area contributed by atoms with Gasteiger partial charge in [0.25, 0.3) is 0 Å². The van der Waals surface area contributed by atoms with Gasteiger partial charge in [-0.05, 0) is 125 Å². The Morgan fingerprint density at radius 3 is 1.52 bits per heavy atom. The summed E-state index contributed by atoms with van der Waals surface area (Å²) in [5.41, 5.74) is 18.2. The van der Waals surface area contributed by atoms with Crippen molar-refractivity contribution in [3.8, 4) is 39.6 Å². The Balaban J connectivity index is 0.00000736. The molecule has 11 aromatic rings. The van der Waals surface area contributed by atoms with Crippen molar-refractivity contribution in [2.45, 2.75) is 117 Å². The van der Waals surface area contributed by atoms with E-state index < -0.39 is 5.41 Å². The van der Waals surface area contributed by atoms with Crippen LogP contribution in [0, 0.1) is 18.8 Å². The predicted molar refractivity (Wildman–Crippen MR) is 348 cm³/mol. The van der Waals surface area contributed by atoms with Crippen LogP contribution in [0.3, 0.4) is 0 Å². The molecule has 0 radical (unpaired) electrons. The summed E-state index contributed by atoms with van der Waals surface area (Å²) in [5.74, 6) is 2.01. The molecular formula is C78H75N4OPt-3. The Kier molecular flexibility index (Phi) is 15.1. The number of aromatic nitrogens is 2. The summed E-state index contributed by atoms with van der Waals surface area (Å²) in [6.07, 6.45) is 1.93. The molecule has 84 heavy (non-hydrogen) atoms. The molecule has 0 N–H and O–H groups in total. The maximum absolute atomic E-state index is 7.22. The van der Waals surface area contributed by atoms with Gasteiger partial charge in [-0.25, -0.2) is 4.98 Å². The second-order valence-corrected chi connectivity index (χ2v) is 26.8. The van der Waals surface area contributed by atoms with Crippen molar-refractivity contribution in [1.82, 2.24) is 9.55 Å². The summed E-state index contributed by atoms with van der Waals surface area (Å²) in [6.45, 7) is 32.3. The minimum absolute atomic E-state index is 0. The van der Waals surface area contributed by atoms with Crippen LogP contribution in [0.2, 0.25) is 0 Å². The van der Waals surface area contributed by atoms with Gasteiger partial charge < -0.3 is 19.1 Å². The third-order valence-corrected chi connectivity index (χ3v) is 17.1. The Labute approximate surface area is 513 Å². The first-order valence-electron chi connectivity index (χ1n) is 29.3. The van der Waals surface area contributed by atoms with Crippen LogP contribution in [-0.2, 0) is 48.1 Å². The number of ether oxygens (including phenoxy) is 1. The van der Waals surface area contributed by atoms with Crippen LogP contribution in [0.5, 0.6) is 11.5 Å².